The number of quaternary nitrogens is 1. The second-order valence-corrected chi connectivity index (χ2v) is 34.8. The molecule has 0 fully saturated rings. The van der Waals surface area contributed by atoms with Gasteiger partial charge in [0.05, 0.1) is 27.7 Å². The Balaban J connectivity index is 3.80. The molecule has 0 rings (SSSR count). The van der Waals surface area contributed by atoms with Gasteiger partial charge in [0, 0.05) is 12.8 Å². The average Bonchev–Trinajstić information content (AvgIpc) is 0.935. The molecule has 0 aliphatic heterocycles. The first-order chi connectivity index (χ1) is 51.5. The molecule has 0 aromatic heterocycles. The molecule has 0 N–H and O–H groups in total. The molecule has 0 heterocycles. The molecule has 0 aromatic rings. The maximum atomic E-state index is 12.9. The van der Waals surface area contributed by atoms with Crippen molar-refractivity contribution in [3.8, 4) is 0 Å². The highest BCUT2D eigenvalue weighted by molar-refractivity contribution is 7.45. The molecular weight excluding hydrogens is 1310 g/mol. The van der Waals surface area contributed by atoms with E-state index >= 15 is 0 Å². The van der Waals surface area contributed by atoms with Crippen molar-refractivity contribution in [1.82, 2.24) is 0 Å². The molecule has 0 amide bonds. The highest BCUT2D eigenvalue weighted by atomic mass is 31.2. The van der Waals surface area contributed by atoms with Crippen LogP contribution in [0.25, 0.3) is 0 Å². The van der Waals surface area contributed by atoms with E-state index in [1.807, 2.05) is 21.1 Å². The lowest BCUT2D eigenvalue weighted by atomic mass is 10.0. The summed E-state index contributed by atoms with van der Waals surface area (Å²) in [7, 11) is 1.20. The average molecular weight is 1500 g/mol. The highest BCUT2D eigenvalue weighted by Crippen LogP contribution is 2.38. The van der Waals surface area contributed by atoms with Gasteiger partial charge >= 0.3 is 11.9 Å². The Morgan fingerprint density at radius 3 is 0.810 bits per heavy atom. The van der Waals surface area contributed by atoms with E-state index < -0.39 is 26.5 Å². The minimum absolute atomic E-state index is 0.0266. The number of rotatable bonds is 89. The van der Waals surface area contributed by atoms with Gasteiger partial charge < -0.3 is 27.9 Å². The number of carbonyl (C=O) groups excluding carboxylic acids is 2. The predicted molar refractivity (Wildman–Crippen MR) is 457 cm³/mol. The molecule has 0 aliphatic carbocycles. The fraction of sp³-hybridized carbons (Fsp3) is 0.895. The fourth-order valence-corrected chi connectivity index (χ4v) is 15.3. The van der Waals surface area contributed by atoms with Crippen molar-refractivity contribution in [3.63, 3.8) is 0 Å². The third kappa shape index (κ3) is 90.7. The van der Waals surface area contributed by atoms with E-state index in [-0.39, 0.29) is 32.0 Å². The molecule has 9 nitrogen and oxygen atoms in total. The second-order valence-electron chi connectivity index (χ2n) is 33.4. The molecule has 620 valence electrons. The molecule has 0 aliphatic rings. The van der Waals surface area contributed by atoms with Gasteiger partial charge in [0.15, 0.2) is 6.10 Å². The van der Waals surface area contributed by atoms with Crippen LogP contribution in [0.5, 0.6) is 0 Å². The number of allylic oxidation sites excluding steroid dienone is 8. The summed E-state index contributed by atoms with van der Waals surface area (Å²) in [5.41, 5.74) is 0. The van der Waals surface area contributed by atoms with Gasteiger partial charge in [-0.25, -0.2) is 0 Å². The van der Waals surface area contributed by atoms with E-state index in [1.54, 1.807) is 0 Å². The van der Waals surface area contributed by atoms with Gasteiger partial charge in [0.1, 0.15) is 19.8 Å². The number of hydrogen-bond acceptors (Lipinski definition) is 8. The van der Waals surface area contributed by atoms with E-state index in [0.717, 1.165) is 57.8 Å². The van der Waals surface area contributed by atoms with Gasteiger partial charge in [0.25, 0.3) is 7.82 Å². The topological polar surface area (TPSA) is 111 Å². The van der Waals surface area contributed by atoms with Crippen molar-refractivity contribution >= 4 is 19.8 Å². The van der Waals surface area contributed by atoms with Crippen LogP contribution < -0.4 is 4.89 Å². The monoisotopic (exact) mass is 1500 g/mol. The summed E-state index contributed by atoms with van der Waals surface area (Å²) in [6.07, 6.45) is 116. The van der Waals surface area contributed by atoms with E-state index in [1.165, 1.54) is 405 Å². The van der Waals surface area contributed by atoms with Crippen LogP contribution in [0.3, 0.4) is 0 Å². The van der Waals surface area contributed by atoms with Gasteiger partial charge in [-0.05, 0) is 51.4 Å². The number of carbonyl (C=O) groups is 2. The third-order valence-corrected chi connectivity index (χ3v) is 22.6. The fourth-order valence-electron chi connectivity index (χ4n) is 14.5. The quantitative estimate of drug-likeness (QED) is 0.0195. The van der Waals surface area contributed by atoms with Gasteiger partial charge in [-0.1, -0.05) is 480 Å². The van der Waals surface area contributed by atoms with Crippen molar-refractivity contribution in [1.29, 1.82) is 0 Å². The van der Waals surface area contributed by atoms with Crippen LogP contribution in [0.1, 0.15) is 495 Å². The van der Waals surface area contributed by atoms with Crippen molar-refractivity contribution in [2.24, 2.45) is 0 Å². The zero-order valence-electron chi connectivity index (χ0n) is 71.2. The summed E-state index contributed by atoms with van der Waals surface area (Å²) in [6, 6.07) is 0. The van der Waals surface area contributed by atoms with Crippen LogP contribution in [0.15, 0.2) is 48.6 Å². The van der Waals surface area contributed by atoms with Crippen LogP contribution >= 0.6 is 7.82 Å². The van der Waals surface area contributed by atoms with E-state index in [4.69, 9.17) is 18.5 Å². The minimum Gasteiger partial charge on any atom is -0.756 e. The Morgan fingerprint density at radius 2 is 0.543 bits per heavy atom. The van der Waals surface area contributed by atoms with Crippen molar-refractivity contribution in [2.75, 3.05) is 47.5 Å². The van der Waals surface area contributed by atoms with Crippen molar-refractivity contribution < 1.29 is 42.1 Å². The first-order valence-corrected chi connectivity index (χ1v) is 48.3. The van der Waals surface area contributed by atoms with E-state index in [2.05, 4.69) is 62.5 Å². The van der Waals surface area contributed by atoms with Crippen LogP contribution in [-0.4, -0.2) is 70.0 Å². The highest BCUT2D eigenvalue weighted by Gasteiger charge is 2.22. The summed E-state index contributed by atoms with van der Waals surface area (Å²) < 4.78 is 34.5. The molecule has 2 atom stereocenters. The number of nitrogens with zero attached hydrogens (tertiary/aromatic N) is 1. The molecule has 0 saturated heterocycles. The number of hydrogen-bond donors (Lipinski definition) is 0. The molecule has 10 heteroatoms. The summed E-state index contributed by atoms with van der Waals surface area (Å²) in [6.45, 7) is 4.23. The van der Waals surface area contributed by atoms with Crippen LogP contribution in [0, 0.1) is 0 Å². The number of unbranched alkanes of at least 4 members (excludes halogenated alkanes) is 67. The number of likely N-dealkylation sites (N-methyl/N-ethyl adjacent to an activating group) is 1. The molecule has 0 aromatic carbocycles. The molecule has 0 radical (unpaired) electrons. The van der Waals surface area contributed by atoms with Crippen molar-refractivity contribution in [3.05, 3.63) is 48.6 Å². The number of ether oxygens (including phenoxy) is 2. The van der Waals surface area contributed by atoms with Gasteiger partial charge in [-0.3, -0.25) is 14.2 Å². The molecule has 0 saturated carbocycles. The molecule has 2 unspecified atom stereocenters. The van der Waals surface area contributed by atoms with Gasteiger partial charge in [0.2, 0.25) is 0 Å². The second kappa shape index (κ2) is 86.0. The Kier molecular flexibility index (Phi) is 84.3. The largest absolute Gasteiger partial charge is 0.756 e. The first-order valence-electron chi connectivity index (χ1n) is 46.8. The Morgan fingerprint density at radius 1 is 0.305 bits per heavy atom. The third-order valence-electron chi connectivity index (χ3n) is 21.6. The van der Waals surface area contributed by atoms with E-state index in [0.29, 0.717) is 17.4 Å². The Labute approximate surface area is 655 Å². The maximum absolute atomic E-state index is 12.9. The standard InChI is InChI=1S/C95H182NO8P/c1-6-8-10-12-14-16-18-20-22-24-26-28-30-32-34-36-38-40-42-44-46-48-50-52-54-56-58-60-62-64-66-68-70-72-74-76-78-80-82-84-86-88-95(98)104-93(92-103-105(99,100)102-90-89-96(3,4)5)91-101-94(97)87-85-83-81-79-77-75-73-71-69-67-65-63-61-59-57-55-53-51-49-47-45-43-41-39-37-35-33-31-29-27-25-23-21-19-17-15-13-11-9-7-2/h8,10,14,16,20,22,26,28,93H,6-7,9,11-13,15,17-19,21,23-25,27,29-92H2,1-5H3/b10-8-,16-14-,22-20-,28-26-. The smallest absolute Gasteiger partial charge is 0.306 e. The summed E-state index contributed by atoms with van der Waals surface area (Å²) >= 11 is 0. The zero-order chi connectivity index (χ0) is 76.1. The Hall–Kier alpha value is -2.03. The lowest BCUT2D eigenvalue weighted by molar-refractivity contribution is -0.870. The molecular formula is C95H182NO8P. The summed E-state index contributed by atoms with van der Waals surface area (Å²) in [5, 5.41) is 0. The SMILES string of the molecule is CC/C=C\C/C=C\C/C=C\C/C=C\CCCCCCCCCCCCCCCCCCCCCCCCCCCCCCC(=O)OC(COC(=O)CCCCCCCCCCCCCCCCCCCCCCCCCCCCCCCCCCCCCCCCCC)COP(=O)([O-])OCC[N+](C)(C)C. The number of phosphoric acid groups is 1. The lowest BCUT2D eigenvalue weighted by Gasteiger charge is -2.28. The zero-order valence-corrected chi connectivity index (χ0v) is 72.1. The van der Waals surface area contributed by atoms with Crippen LogP contribution in [0.2, 0.25) is 0 Å². The van der Waals surface area contributed by atoms with Crippen molar-refractivity contribution in [2.45, 2.75) is 502 Å². The molecule has 105 heavy (non-hydrogen) atoms. The normalized spacial score (nSPS) is 13.1. The summed E-state index contributed by atoms with van der Waals surface area (Å²) in [5.74, 6) is -0.802. The number of phosphoric ester groups is 1. The summed E-state index contributed by atoms with van der Waals surface area (Å²) in [4.78, 5) is 38.3. The predicted octanol–water partition coefficient (Wildman–Crippen LogP) is 31.2. The first kappa shape index (κ1) is 103. The van der Waals surface area contributed by atoms with Gasteiger partial charge in [-0.15, -0.1) is 0 Å². The Bertz CT molecular complexity index is 1910. The number of esters is 2. The lowest BCUT2D eigenvalue weighted by Crippen LogP contribution is -2.37. The molecule has 0 spiro atoms. The molecule has 0 bridgehead atoms. The van der Waals surface area contributed by atoms with Crippen LogP contribution in [-0.2, 0) is 32.7 Å². The maximum Gasteiger partial charge on any atom is 0.306 e. The van der Waals surface area contributed by atoms with E-state index in [9.17, 15) is 19.0 Å². The van der Waals surface area contributed by atoms with Crippen LogP contribution in [0.4, 0.5) is 0 Å². The van der Waals surface area contributed by atoms with Gasteiger partial charge in [-0.2, -0.15) is 0 Å². The minimum atomic E-state index is -4.65.